The maximum Gasteiger partial charge on any atom is 0.490 e. The molecule has 4 heterocycles. The minimum absolute atomic E-state index is 0.0126. The predicted octanol–water partition coefficient (Wildman–Crippen LogP) is 5.53. The Morgan fingerprint density at radius 2 is 1.67 bits per heavy atom. The van der Waals surface area contributed by atoms with E-state index in [1.165, 1.54) is 5.56 Å². The molecule has 1 fully saturated rings. The van der Waals surface area contributed by atoms with Crippen LogP contribution in [0.5, 0.6) is 0 Å². The molecule has 5 aromatic rings. The number of amides is 1. The van der Waals surface area contributed by atoms with Crippen LogP contribution in [-0.2, 0) is 16.1 Å². The molecular formula is C33H29F3N6O4. The second kappa shape index (κ2) is 14.1. The summed E-state index contributed by atoms with van der Waals surface area (Å²) in [5.74, 6) is -2.27. The Bertz CT molecular complexity index is 1860. The number of carbonyl (C=O) groups is 2. The topological polar surface area (TPSA) is 141 Å². The molecule has 6 rings (SSSR count). The van der Waals surface area contributed by atoms with Gasteiger partial charge >= 0.3 is 12.1 Å². The maximum absolute atomic E-state index is 12.6. The standard InChI is InChI=1S/C31H28N6O2.C2HF3O2/c38-30(36-28-19-32-14-15-33-28)24-11-16-37(17-12-24)20-21-6-8-23(9-7-21)29-25(22-4-2-1-3-5-22)18-26-27(35-29)10-13-34-31(26)39;3-2(4,5)1(6)7/h1-10,13-15,18-19,24H,11-12,16-17,20H2,(H,34,39)(H,33,36,38);(H,6,7). The Hall–Kier alpha value is -5.43. The van der Waals surface area contributed by atoms with Crippen LogP contribution in [0.2, 0.25) is 0 Å². The molecule has 0 radical (unpaired) electrons. The second-order valence-electron chi connectivity index (χ2n) is 10.6. The first-order valence-electron chi connectivity index (χ1n) is 14.3. The van der Waals surface area contributed by atoms with Crippen LogP contribution >= 0.6 is 0 Å². The van der Waals surface area contributed by atoms with Gasteiger partial charge in [-0.2, -0.15) is 13.2 Å². The fourth-order valence-corrected chi connectivity index (χ4v) is 5.14. The first kappa shape index (κ1) is 32.0. The van der Waals surface area contributed by atoms with Gasteiger partial charge in [0.2, 0.25) is 5.91 Å². The number of pyridine rings is 2. The normalized spacial score (nSPS) is 13.9. The molecule has 13 heteroatoms. The molecule has 0 saturated carbocycles. The van der Waals surface area contributed by atoms with E-state index in [0.717, 1.165) is 54.9 Å². The van der Waals surface area contributed by atoms with E-state index in [-0.39, 0.29) is 17.4 Å². The number of hydrogen-bond acceptors (Lipinski definition) is 7. The van der Waals surface area contributed by atoms with Crippen LogP contribution in [0.1, 0.15) is 18.4 Å². The van der Waals surface area contributed by atoms with Crippen LogP contribution in [0.15, 0.2) is 96.3 Å². The lowest BCUT2D eigenvalue weighted by Gasteiger charge is -2.31. The minimum Gasteiger partial charge on any atom is -0.475 e. The number of nitrogens with zero attached hydrogens (tertiary/aromatic N) is 4. The van der Waals surface area contributed by atoms with Crippen LogP contribution in [0.25, 0.3) is 33.3 Å². The molecule has 2 aromatic carbocycles. The molecular weight excluding hydrogens is 601 g/mol. The van der Waals surface area contributed by atoms with Crippen LogP contribution < -0.4 is 10.9 Å². The van der Waals surface area contributed by atoms with E-state index in [2.05, 4.69) is 49.4 Å². The molecule has 0 bridgehead atoms. The number of aromatic nitrogens is 4. The van der Waals surface area contributed by atoms with Crippen molar-refractivity contribution >= 4 is 28.6 Å². The summed E-state index contributed by atoms with van der Waals surface area (Å²) >= 11 is 0. The highest BCUT2D eigenvalue weighted by atomic mass is 19.4. The van der Waals surface area contributed by atoms with E-state index in [9.17, 15) is 22.8 Å². The number of carboxylic acids is 1. The highest BCUT2D eigenvalue weighted by Crippen LogP contribution is 2.33. The summed E-state index contributed by atoms with van der Waals surface area (Å²) < 4.78 is 31.7. The number of nitrogens with one attached hydrogen (secondary N) is 2. The van der Waals surface area contributed by atoms with E-state index in [0.29, 0.717) is 16.7 Å². The van der Waals surface area contributed by atoms with Crippen molar-refractivity contribution in [1.29, 1.82) is 0 Å². The van der Waals surface area contributed by atoms with Crippen molar-refractivity contribution in [3.63, 3.8) is 0 Å². The van der Waals surface area contributed by atoms with Gasteiger partial charge in [0.25, 0.3) is 5.56 Å². The van der Waals surface area contributed by atoms with Crippen molar-refractivity contribution in [3.05, 3.63) is 107 Å². The Kier molecular flexibility index (Phi) is 9.82. The van der Waals surface area contributed by atoms with E-state index in [1.807, 2.05) is 42.5 Å². The summed E-state index contributed by atoms with van der Waals surface area (Å²) in [7, 11) is 0. The Labute approximate surface area is 261 Å². The fourth-order valence-electron chi connectivity index (χ4n) is 5.14. The van der Waals surface area contributed by atoms with Gasteiger partial charge in [-0.15, -0.1) is 0 Å². The van der Waals surface area contributed by atoms with Gasteiger partial charge in [0.15, 0.2) is 5.82 Å². The molecule has 3 aromatic heterocycles. The number of halogens is 3. The second-order valence-corrected chi connectivity index (χ2v) is 10.6. The van der Waals surface area contributed by atoms with Gasteiger partial charge in [-0.05, 0) is 49.2 Å². The number of carboxylic acid groups (broad SMARTS) is 1. The lowest BCUT2D eigenvalue weighted by atomic mass is 9.95. The van der Waals surface area contributed by atoms with Crippen LogP contribution in [0.4, 0.5) is 19.0 Å². The molecule has 236 valence electrons. The number of piperidine rings is 1. The first-order chi connectivity index (χ1) is 22.1. The summed E-state index contributed by atoms with van der Waals surface area (Å²) in [6.45, 7) is 2.54. The average molecular weight is 631 g/mol. The first-order valence-corrected chi connectivity index (χ1v) is 14.3. The molecule has 0 aliphatic carbocycles. The van der Waals surface area contributed by atoms with Crippen molar-refractivity contribution in [3.8, 4) is 22.4 Å². The number of carbonyl (C=O) groups excluding carboxylic acids is 1. The highest BCUT2D eigenvalue weighted by molar-refractivity contribution is 5.92. The summed E-state index contributed by atoms with van der Waals surface area (Å²) in [6, 6.07) is 22.3. The largest absolute Gasteiger partial charge is 0.490 e. The SMILES string of the molecule is O=C(Nc1cnccn1)C1CCN(Cc2ccc(-c3nc4cc[nH]c(=O)c4cc3-c3ccccc3)cc2)CC1.O=C(O)C(F)(F)F. The van der Waals surface area contributed by atoms with E-state index in [1.54, 1.807) is 24.8 Å². The lowest BCUT2D eigenvalue weighted by molar-refractivity contribution is -0.192. The van der Waals surface area contributed by atoms with Gasteiger partial charge in [0, 0.05) is 42.2 Å². The maximum atomic E-state index is 12.6. The molecule has 1 amide bonds. The monoisotopic (exact) mass is 630 g/mol. The highest BCUT2D eigenvalue weighted by Gasteiger charge is 2.38. The van der Waals surface area contributed by atoms with E-state index < -0.39 is 12.1 Å². The van der Waals surface area contributed by atoms with Crippen molar-refractivity contribution < 1.29 is 27.9 Å². The average Bonchev–Trinajstić information content (AvgIpc) is 3.06. The zero-order chi connectivity index (χ0) is 32.7. The number of H-pyrrole nitrogens is 1. The molecule has 1 saturated heterocycles. The number of likely N-dealkylation sites (tertiary alicyclic amines) is 1. The third-order valence-electron chi connectivity index (χ3n) is 7.49. The number of hydrogen-bond donors (Lipinski definition) is 3. The molecule has 0 unspecified atom stereocenters. The van der Waals surface area contributed by atoms with Gasteiger partial charge in [-0.3, -0.25) is 19.5 Å². The Balaban J connectivity index is 0.000000537. The molecule has 10 nitrogen and oxygen atoms in total. The zero-order valence-corrected chi connectivity index (χ0v) is 24.4. The van der Waals surface area contributed by atoms with Crippen molar-refractivity contribution in [2.45, 2.75) is 25.6 Å². The third kappa shape index (κ3) is 7.99. The number of benzene rings is 2. The van der Waals surface area contributed by atoms with Gasteiger partial charge in [-0.1, -0.05) is 54.6 Å². The fraction of sp³-hybridized carbons (Fsp3) is 0.212. The van der Waals surface area contributed by atoms with Gasteiger partial charge < -0.3 is 15.4 Å². The van der Waals surface area contributed by atoms with E-state index >= 15 is 0 Å². The number of anilines is 1. The lowest BCUT2D eigenvalue weighted by Crippen LogP contribution is -2.37. The molecule has 0 atom stereocenters. The molecule has 1 aliphatic rings. The smallest absolute Gasteiger partial charge is 0.475 e. The van der Waals surface area contributed by atoms with Crippen molar-refractivity contribution in [2.24, 2.45) is 5.92 Å². The minimum atomic E-state index is -5.08. The third-order valence-corrected chi connectivity index (χ3v) is 7.49. The van der Waals surface area contributed by atoms with Crippen LogP contribution in [-0.4, -0.2) is 61.1 Å². The molecule has 0 spiro atoms. The van der Waals surface area contributed by atoms with Gasteiger partial charge in [0.1, 0.15) is 0 Å². The molecule has 46 heavy (non-hydrogen) atoms. The number of aliphatic carboxylic acids is 1. The van der Waals surface area contributed by atoms with Gasteiger partial charge in [0.05, 0.1) is 22.8 Å². The van der Waals surface area contributed by atoms with Crippen molar-refractivity contribution in [1.82, 2.24) is 24.8 Å². The molecule has 3 N–H and O–H groups in total. The zero-order valence-electron chi connectivity index (χ0n) is 24.4. The Morgan fingerprint density at radius 3 is 2.30 bits per heavy atom. The summed E-state index contributed by atoms with van der Waals surface area (Å²) in [4.78, 5) is 52.1. The number of aromatic amines is 1. The summed E-state index contributed by atoms with van der Waals surface area (Å²) in [5, 5.41) is 10.6. The van der Waals surface area contributed by atoms with Crippen LogP contribution in [0.3, 0.4) is 0 Å². The summed E-state index contributed by atoms with van der Waals surface area (Å²) in [6.07, 6.45) is 2.89. The number of fused-ring (bicyclic) bond motifs is 1. The number of alkyl halides is 3. The quantitative estimate of drug-likeness (QED) is 0.222. The molecule has 1 aliphatic heterocycles. The van der Waals surface area contributed by atoms with Crippen LogP contribution in [0, 0.1) is 5.92 Å². The predicted molar refractivity (Wildman–Crippen MR) is 166 cm³/mol. The van der Waals surface area contributed by atoms with Gasteiger partial charge in [-0.25, -0.2) is 14.8 Å². The Morgan fingerprint density at radius 1 is 0.978 bits per heavy atom. The summed E-state index contributed by atoms with van der Waals surface area (Å²) in [5.41, 5.74) is 5.52. The van der Waals surface area contributed by atoms with E-state index in [4.69, 9.17) is 14.9 Å². The van der Waals surface area contributed by atoms with Crippen molar-refractivity contribution in [2.75, 3.05) is 18.4 Å². The number of rotatable bonds is 6.